The zero-order valence-corrected chi connectivity index (χ0v) is 13.7. The van der Waals surface area contributed by atoms with Crippen molar-refractivity contribution in [2.75, 3.05) is 16.8 Å². The van der Waals surface area contributed by atoms with Crippen LogP contribution < -0.4 is 10.2 Å². The van der Waals surface area contributed by atoms with Gasteiger partial charge < -0.3 is 10.2 Å². The molecule has 24 heavy (non-hydrogen) atoms. The van der Waals surface area contributed by atoms with E-state index in [9.17, 15) is 14.0 Å². The highest BCUT2D eigenvalue weighted by Crippen LogP contribution is 2.31. The lowest BCUT2D eigenvalue weighted by Gasteiger charge is -2.21. The number of amides is 2. The van der Waals surface area contributed by atoms with Crippen molar-refractivity contribution in [2.45, 2.75) is 20.3 Å². The van der Waals surface area contributed by atoms with Crippen LogP contribution in [0.25, 0.3) is 0 Å². The van der Waals surface area contributed by atoms with E-state index in [0.29, 0.717) is 12.2 Å². The molecule has 2 aromatic rings. The maximum absolute atomic E-state index is 12.9. The van der Waals surface area contributed by atoms with Gasteiger partial charge in [-0.15, -0.1) is 0 Å². The summed E-state index contributed by atoms with van der Waals surface area (Å²) in [6.07, 6.45) is 0.181. The predicted molar refractivity (Wildman–Crippen MR) is 91.4 cm³/mol. The van der Waals surface area contributed by atoms with E-state index in [1.165, 1.54) is 24.3 Å². The molecule has 0 unspecified atom stereocenters. The molecule has 0 saturated carbocycles. The molecule has 1 heterocycles. The van der Waals surface area contributed by atoms with Crippen LogP contribution in [0.1, 0.15) is 17.5 Å². The normalized spacial score (nSPS) is 17.2. The summed E-state index contributed by atoms with van der Waals surface area (Å²) in [6.45, 7) is 4.28. The van der Waals surface area contributed by atoms with Gasteiger partial charge in [0.15, 0.2) is 0 Å². The van der Waals surface area contributed by atoms with Gasteiger partial charge in [-0.1, -0.05) is 18.2 Å². The molecule has 0 aromatic heterocycles. The molecule has 5 heteroatoms. The summed E-state index contributed by atoms with van der Waals surface area (Å²) in [6, 6.07) is 11.5. The van der Waals surface area contributed by atoms with Gasteiger partial charge in [0.25, 0.3) is 0 Å². The van der Waals surface area contributed by atoms with Crippen LogP contribution in [0.15, 0.2) is 42.5 Å². The molecule has 1 N–H and O–H groups in total. The Morgan fingerprint density at radius 2 is 1.75 bits per heavy atom. The van der Waals surface area contributed by atoms with Crippen LogP contribution in [-0.2, 0) is 9.59 Å². The Morgan fingerprint density at radius 3 is 2.38 bits per heavy atom. The molecule has 1 saturated heterocycles. The number of hydrogen-bond donors (Lipinski definition) is 1. The molecule has 2 aromatic carbocycles. The van der Waals surface area contributed by atoms with Gasteiger partial charge in [0.2, 0.25) is 11.8 Å². The molecule has 3 rings (SSSR count). The minimum Gasteiger partial charge on any atom is -0.326 e. The summed E-state index contributed by atoms with van der Waals surface area (Å²) in [5, 5.41) is 2.75. The van der Waals surface area contributed by atoms with Gasteiger partial charge in [0.05, 0.1) is 5.92 Å². The molecule has 124 valence electrons. The van der Waals surface area contributed by atoms with E-state index >= 15 is 0 Å². The molecule has 0 bridgehead atoms. The second-order valence-corrected chi connectivity index (χ2v) is 6.14. The van der Waals surface area contributed by atoms with Crippen molar-refractivity contribution in [3.8, 4) is 0 Å². The zero-order valence-electron chi connectivity index (χ0n) is 13.7. The van der Waals surface area contributed by atoms with E-state index in [0.717, 1.165) is 16.8 Å². The Morgan fingerprint density at radius 1 is 1.12 bits per heavy atom. The quantitative estimate of drug-likeness (QED) is 0.939. The largest absolute Gasteiger partial charge is 0.326 e. The molecule has 0 radical (unpaired) electrons. The second-order valence-electron chi connectivity index (χ2n) is 6.14. The fourth-order valence-corrected chi connectivity index (χ4v) is 3.11. The molecule has 1 aliphatic heterocycles. The number of para-hydroxylation sites is 1. The van der Waals surface area contributed by atoms with Crippen molar-refractivity contribution in [1.82, 2.24) is 0 Å². The first-order valence-corrected chi connectivity index (χ1v) is 7.88. The first kappa shape index (κ1) is 16.2. The fourth-order valence-electron chi connectivity index (χ4n) is 3.11. The number of rotatable bonds is 3. The van der Waals surface area contributed by atoms with Crippen LogP contribution >= 0.6 is 0 Å². The predicted octanol–water partition coefficient (Wildman–Crippen LogP) is 3.43. The summed E-state index contributed by atoms with van der Waals surface area (Å²) in [5.41, 5.74) is 3.45. The Balaban J connectivity index is 1.74. The summed E-state index contributed by atoms with van der Waals surface area (Å²) < 4.78 is 12.9. The van der Waals surface area contributed by atoms with Gasteiger partial charge in [-0.2, -0.15) is 0 Å². The highest BCUT2D eigenvalue weighted by atomic mass is 19.1. The molecule has 2 amide bonds. The van der Waals surface area contributed by atoms with Gasteiger partial charge in [-0.25, -0.2) is 4.39 Å². The topological polar surface area (TPSA) is 49.4 Å². The third-order valence-corrected chi connectivity index (χ3v) is 4.32. The molecular formula is C19H19FN2O2. The van der Waals surface area contributed by atoms with E-state index in [1.807, 2.05) is 32.0 Å². The van der Waals surface area contributed by atoms with Crippen LogP contribution in [0.2, 0.25) is 0 Å². The summed E-state index contributed by atoms with van der Waals surface area (Å²) in [4.78, 5) is 26.5. The number of hydrogen-bond acceptors (Lipinski definition) is 2. The summed E-state index contributed by atoms with van der Waals surface area (Å²) >= 11 is 0. The number of carbonyl (C=O) groups excluding carboxylic acids is 2. The molecule has 0 spiro atoms. The van der Waals surface area contributed by atoms with E-state index < -0.39 is 5.92 Å². The minimum atomic E-state index is -0.415. The van der Waals surface area contributed by atoms with Crippen molar-refractivity contribution in [1.29, 1.82) is 0 Å². The number of nitrogens with zero attached hydrogens (tertiary/aromatic N) is 1. The van der Waals surface area contributed by atoms with Crippen molar-refractivity contribution in [3.05, 3.63) is 59.4 Å². The lowest BCUT2D eigenvalue weighted by molar-refractivity contribution is -0.122. The zero-order chi connectivity index (χ0) is 17.3. The van der Waals surface area contributed by atoms with Crippen LogP contribution in [-0.4, -0.2) is 18.4 Å². The van der Waals surface area contributed by atoms with E-state index in [4.69, 9.17) is 0 Å². The van der Waals surface area contributed by atoms with Crippen molar-refractivity contribution < 1.29 is 14.0 Å². The van der Waals surface area contributed by atoms with Crippen LogP contribution in [0, 0.1) is 25.6 Å². The van der Waals surface area contributed by atoms with Gasteiger partial charge in [-0.05, 0) is 49.2 Å². The molecular weight excluding hydrogens is 307 g/mol. The first-order valence-electron chi connectivity index (χ1n) is 7.88. The number of anilines is 2. The van der Waals surface area contributed by atoms with Crippen LogP contribution in [0.5, 0.6) is 0 Å². The Labute approximate surface area is 140 Å². The lowest BCUT2D eigenvalue weighted by Crippen LogP contribution is -2.29. The number of aryl methyl sites for hydroxylation is 2. The highest BCUT2D eigenvalue weighted by Gasteiger charge is 2.36. The Bertz CT molecular complexity index is 766. The van der Waals surface area contributed by atoms with Crippen molar-refractivity contribution in [3.63, 3.8) is 0 Å². The molecule has 0 aliphatic carbocycles. The van der Waals surface area contributed by atoms with E-state index in [-0.39, 0.29) is 24.1 Å². The number of halogens is 1. The highest BCUT2D eigenvalue weighted by molar-refractivity contribution is 6.04. The fraction of sp³-hybridized carbons (Fsp3) is 0.263. The van der Waals surface area contributed by atoms with Gasteiger partial charge >= 0.3 is 0 Å². The van der Waals surface area contributed by atoms with Gasteiger partial charge in [0.1, 0.15) is 5.82 Å². The molecule has 1 atom stereocenters. The maximum atomic E-state index is 12.9. The van der Waals surface area contributed by atoms with Crippen molar-refractivity contribution >= 4 is 23.2 Å². The lowest BCUT2D eigenvalue weighted by atomic mass is 10.1. The third-order valence-electron chi connectivity index (χ3n) is 4.32. The third kappa shape index (κ3) is 3.15. The maximum Gasteiger partial charge on any atom is 0.229 e. The Hall–Kier alpha value is -2.69. The van der Waals surface area contributed by atoms with Gasteiger partial charge in [-0.3, -0.25) is 9.59 Å². The minimum absolute atomic E-state index is 0.0494. The van der Waals surface area contributed by atoms with E-state index in [1.54, 1.807) is 4.90 Å². The van der Waals surface area contributed by atoms with Crippen LogP contribution in [0.3, 0.4) is 0 Å². The number of benzene rings is 2. The smallest absolute Gasteiger partial charge is 0.229 e. The number of nitrogens with one attached hydrogen (secondary N) is 1. The van der Waals surface area contributed by atoms with Crippen LogP contribution in [0.4, 0.5) is 15.8 Å². The first-order chi connectivity index (χ1) is 11.5. The van der Waals surface area contributed by atoms with Crippen molar-refractivity contribution in [2.24, 2.45) is 5.92 Å². The Kier molecular flexibility index (Phi) is 4.34. The average Bonchev–Trinajstić information content (AvgIpc) is 2.91. The van der Waals surface area contributed by atoms with Gasteiger partial charge in [0, 0.05) is 24.3 Å². The average molecular weight is 326 g/mol. The second kappa shape index (κ2) is 6.43. The van der Waals surface area contributed by atoms with E-state index in [2.05, 4.69) is 5.32 Å². The molecule has 4 nitrogen and oxygen atoms in total. The monoisotopic (exact) mass is 326 g/mol. The SMILES string of the molecule is Cc1cccc(C)c1N1C[C@@H](C(=O)Nc2ccc(F)cc2)CC1=O. The molecule has 1 aliphatic rings. The standard InChI is InChI=1S/C19H19FN2O2/c1-12-4-3-5-13(2)18(12)22-11-14(10-17(22)23)19(24)21-16-8-6-15(20)7-9-16/h3-9,14H,10-11H2,1-2H3,(H,21,24)/t14-/m0/s1. The number of carbonyl (C=O) groups is 2. The molecule has 1 fully saturated rings. The summed E-state index contributed by atoms with van der Waals surface area (Å²) in [5.74, 6) is -1.04. The summed E-state index contributed by atoms with van der Waals surface area (Å²) in [7, 11) is 0.